The average Bonchev–Trinajstić information content (AvgIpc) is 2.93. The highest BCUT2D eigenvalue weighted by Gasteiger charge is 2.23. The van der Waals surface area contributed by atoms with E-state index in [1.165, 1.54) is 18.5 Å². The Morgan fingerprint density at radius 3 is 2.67 bits per heavy atom. The molecule has 0 aliphatic carbocycles. The van der Waals surface area contributed by atoms with E-state index in [1.54, 1.807) is 12.5 Å². The second-order valence-electron chi connectivity index (χ2n) is 5.63. The summed E-state index contributed by atoms with van der Waals surface area (Å²) < 4.78 is 1.96. The standard InChI is InChI=1S/C15H22N6/c1-19(15-4-7-16-12-17-15)13-5-9-21(10-6-13)11-14-3-8-18-20(14)2/h3-4,7-8,12-13H,5-6,9-11H2,1-2H3. The molecule has 0 aromatic carbocycles. The number of likely N-dealkylation sites (tertiary alicyclic amines) is 1. The van der Waals surface area contributed by atoms with Gasteiger partial charge in [0.2, 0.25) is 0 Å². The summed E-state index contributed by atoms with van der Waals surface area (Å²) in [5.41, 5.74) is 1.28. The van der Waals surface area contributed by atoms with Crippen LogP contribution in [0.2, 0.25) is 0 Å². The van der Waals surface area contributed by atoms with Gasteiger partial charge in [-0.25, -0.2) is 9.97 Å². The first-order valence-electron chi connectivity index (χ1n) is 7.42. The number of anilines is 1. The zero-order valence-electron chi connectivity index (χ0n) is 12.7. The predicted octanol–water partition coefficient (Wildman–Crippen LogP) is 1.31. The Morgan fingerprint density at radius 2 is 2.05 bits per heavy atom. The van der Waals surface area contributed by atoms with E-state index in [4.69, 9.17) is 0 Å². The lowest BCUT2D eigenvalue weighted by molar-refractivity contribution is 0.199. The molecule has 0 N–H and O–H groups in total. The Hall–Kier alpha value is -1.95. The van der Waals surface area contributed by atoms with Crippen LogP contribution in [0.3, 0.4) is 0 Å². The van der Waals surface area contributed by atoms with Gasteiger partial charge >= 0.3 is 0 Å². The number of hydrogen-bond donors (Lipinski definition) is 0. The van der Waals surface area contributed by atoms with Crippen molar-refractivity contribution >= 4 is 5.82 Å². The quantitative estimate of drug-likeness (QED) is 0.848. The van der Waals surface area contributed by atoms with Crippen molar-refractivity contribution in [2.45, 2.75) is 25.4 Å². The number of hydrogen-bond acceptors (Lipinski definition) is 5. The van der Waals surface area contributed by atoms with Crippen LogP contribution < -0.4 is 4.90 Å². The van der Waals surface area contributed by atoms with E-state index in [9.17, 15) is 0 Å². The fraction of sp³-hybridized carbons (Fsp3) is 0.533. The van der Waals surface area contributed by atoms with Gasteiger partial charge in [-0.1, -0.05) is 0 Å². The van der Waals surface area contributed by atoms with E-state index in [1.807, 2.05) is 24.0 Å². The molecule has 0 spiro atoms. The van der Waals surface area contributed by atoms with Crippen molar-refractivity contribution in [2.75, 3.05) is 25.0 Å². The van der Waals surface area contributed by atoms with Gasteiger partial charge in [0.05, 0.1) is 5.69 Å². The SMILES string of the molecule is CN(c1ccncn1)C1CCN(Cc2ccnn2C)CC1. The molecule has 0 unspecified atom stereocenters. The predicted molar refractivity (Wildman–Crippen MR) is 81.9 cm³/mol. The number of aromatic nitrogens is 4. The highest BCUT2D eigenvalue weighted by Crippen LogP contribution is 2.20. The van der Waals surface area contributed by atoms with Gasteiger partial charge < -0.3 is 4.90 Å². The third kappa shape index (κ3) is 3.21. The molecule has 1 aliphatic rings. The Morgan fingerprint density at radius 1 is 1.24 bits per heavy atom. The second kappa shape index (κ2) is 6.22. The van der Waals surface area contributed by atoms with Gasteiger partial charge in [0.25, 0.3) is 0 Å². The third-order valence-electron chi connectivity index (χ3n) is 4.34. The highest BCUT2D eigenvalue weighted by atomic mass is 15.3. The lowest BCUT2D eigenvalue weighted by Gasteiger charge is -2.37. The molecule has 112 valence electrons. The van der Waals surface area contributed by atoms with Crippen LogP contribution in [0, 0.1) is 0 Å². The fourth-order valence-electron chi connectivity index (χ4n) is 2.93. The molecule has 2 aromatic heterocycles. The van der Waals surface area contributed by atoms with Gasteiger partial charge in [-0.2, -0.15) is 5.10 Å². The van der Waals surface area contributed by atoms with Crippen molar-refractivity contribution in [3.05, 3.63) is 36.5 Å². The molecule has 3 heterocycles. The lowest BCUT2D eigenvalue weighted by Crippen LogP contribution is -2.43. The molecule has 0 bridgehead atoms. The molecule has 3 rings (SSSR count). The fourth-order valence-corrected chi connectivity index (χ4v) is 2.93. The first-order valence-corrected chi connectivity index (χ1v) is 7.42. The Bertz CT molecular complexity index is 559. The smallest absolute Gasteiger partial charge is 0.131 e. The van der Waals surface area contributed by atoms with Gasteiger partial charge in [-0.15, -0.1) is 0 Å². The molecule has 0 radical (unpaired) electrons. The van der Waals surface area contributed by atoms with E-state index in [0.29, 0.717) is 6.04 Å². The van der Waals surface area contributed by atoms with Crippen LogP contribution in [0.4, 0.5) is 5.82 Å². The van der Waals surface area contributed by atoms with Gasteiger partial charge in [0, 0.05) is 52.2 Å². The molecule has 6 nitrogen and oxygen atoms in total. The van der Waals surface area contributed by atoms with Crippen molar-refractivity contribution in [2.24, 2.45) is 7.05 Å². The first-order chi connectivity index (χ1) is 10.2. The Labute approximate surface area is 125 Å². The van der Waals surface area contributed by atoms with Crippen molar-refractivity contribution in [3.63, 3.8) is 0 Å². The molecule has 1 aliphatic heterocycles. The summed E-state index contributed by atoms with van der Waals surface area (Å²) in [5, 5.41) is 4.23. The number of nitrogens with zero attached hydrogens (tertiary/aromatic N) is 6. The molecule has 2 aromatic rings. The summed E-state index contributed by atoms with van der Waals surface area (Å²) in [5.74, 6) is 1.01. The molecule has 0 saturated carbocycles. The molecule has 0 atom stereocenters. The van der Waals surface area contributed by atoms with E-state index < -0.39 is 0 Å². The minimum absolute atomic E-state index is 0.558. The summed E-state index contributed by atoms with van der Waals surface area (Å²) in [6.45, 7) is 3.22. The minimum Gasteiger partial charge on any atom is -0.356 e. The zero-order chi connectivity index (χ0) is 14.7. The van der Waals surface area contributed by atoms with E-state index in [0.717, 1.165) is 25.5 Å². The van der Waals surface area contributed by atoms with Gasteiger partial charge in [0.1, 0.15) is 12.1 Å². The summed E-state index contributed by atoms with van der Waals surface area (Å²) >= 11 is 0. The largest absolute Gasteiger partial charge is 0.356 e. The first kappa shape index (κ1) is 14.0. The van der Waals surface area contributed by atoms with Crippen LogP contribution in [0.25, 0.3) is 0 Å². The van der Waals surface area contributed by atoms with Crippen molar-refractivity contribution in [1.82, 2.24) is 24.6 Å². The van der Waals surface area contributed by atoms with Gasteiger partial charge in [-0.05, 0) is 25.0 Å². The molecule has 21 heavy (non-hydrogen) atoms. The summed E-state index contributed by atoms with van der Waals surface area (Å²) in [6.07, 6.45) is 7.61. The molecule has 1 saturated heterocycles. The van der Waals surface area contributed by atoms with Gasteiger partial charge in [0.15, 0.2) is 0 Å². The van der Waals surface area contributed by atoms with Crippen LogP contribution in [0.1, 0.15) is 18.5 Å². The summed E-state index contributed by atoms with van der Waals surface area (Å²) in [6, 6.07) is 4.63. The highest BCUT2D eigenvalue weighted by molar-refractivity contribution is 5.36. The maximum absolute atomic E-state index is 4.33. The second-order valence-corrected chi connectivity index (χ2v) is 5.63. The van der Waals surface area contributed by atoms with Crippen LogP contribution in [0.15, 0.2) is 30.9 Å². The van der Waals surface area contributed by atoms with Gasteiger partial charge in [-0.3, -0.25) is 9.58 Å². The topological polar surface area (TPSA) is 50.1 Å². The Kier molecular flexibility index (Phi) is 4.15. The molecule has 1 fully saturated rings. The van der Waals surface area contributed by atoms with Crippen molar-refractivity contribution in [3.8, 4) is 0 Å². The van der Waals surface area contributed by atoms with Crippen LogP contribution in [0.5, 0.6) is 0 Å². The van der Waals surface area contributed by atoms with Crippen molar-refractivity contribution in [1.29, 1.82) is 0 Å². The number of aryl methyl sites for hydroxylation is 1. The Balaban J connectivity index is 1.54. The minimum atomic E-state index is 0.558. The maximum atomic E-state index is 4.33. The van der Waals surface area contributed by atoms with Crippen LogP contribution in [-0.2, 0) is 13.6 Å². The lowest BCUT2D eigenvalue weighted by atomic mass is 10.0. The summed E-state index contributed by atoms with van der Waals surface area (Å²) in [7, 11) is 4.13. The molecule has 6 heteroatoms. The van der Waals surface area contributed by atoms with Crippen molar-refractivity contribution < 1.29 is 0 Å². The monoisotopic (exact) mass is 286 g/mol. The average molecular weight is 286 g/mol. The molecule has 0 amide bonds. The van der Waals surface area contributed by atoms with E-state index in [2.05, 4.69) is 38.0 Å². The summed E-state index contributed by atoms with van der Waals surface area (Å²) in [4.78, 5) is 13.1. The van der Waals surface area contributed by atoms with Crippen LogP contribution >= 0.6 is 0 Å². The van der Waals surface area contributed by atoms with Crippen LogP contribution in [-0.4, -0.2) is 50.8 Å². The number of piperidine rings is 1. The third-order valence-corrected chi connectivity index (χ3v) is 4.34. The normalized spacial score (nSPS) is 17.0. The zero-order valence-corrected chi connectivity index (χ0v) is 12.7. The van der Waals surface area contributed by atoms with E-state index >= 15 is 0 Å². The molecular weight excluding hydrogens is 264 g/mol. The number of rotatable bonds is 4. The van der Waals surface area contributed by atoms with E-state index in [-0.39, 0.29) is 0 Å². The molecular formula is C15H22N6. The maximum Gasteiger partial charge on any atom is 0.131 e.